The highest BCUT2D eigenvalue weighted by Gasteiger charge is 2.15. The lowest BCUT2D eigenvalue weighted by Crippen LogP contribution is -2.12. The van der Waals surface area contributed by atoms with Crippen LogP contribution in [0.1, 0.15) is 22.4 Å². The summed E-state index contributed by atoms with van der Waals surface area (Å²) in [5.41, 5.74) is 9.11. The normalized spacial score (nSPS) is 11.3. The molecule has 1 aromatic carbocycles. The lowest BCUT2D eigenvalue weighted by Gasteiger charge is -2.09. The standard InChI is InChI=1S/C14H16N4O2S/c1-9-10(2)18(14(16)13(9)7-15)8-11-3-5-12(6-4-11)21(17,19)20/h3-6H,8,16H2,1-2H3,(H2,17,19,20). The van der Waals surface area contributed by atoms with Gasteiger partial charge in [0.1, 0.15) is 11.9 Å². The van der Waals surface area contributed by atoms with Crippen molar-refractivity contribution in [1.82, 2.24) is 4.57 Å². The van der Waals surface area contributed by atoms with Crippen LogP contribution in [0.5, 0.6) is 0 Å². The average molecular weight is 304 g/mol. The van der Waals surface area contributed by atoms with Crippen molar-refractivity contribution in [1.29, 1.82) is 5.26 Å². The summed E-state index contributed by atoms with van der Waals surface area (Å²) < 4.78 is 24.3. The van der Waals surface area contributed by atoms with E-state index in [0.29, 0.717) is 17.9 Å². The van der Waals surface area contributed by atoms with Crippen molar-refractivity contribution < 1.29 is 8.42 Å². The zero-order valence-electron chi connectivity index (χ0n) is 11.8. The molecule has 2 aromatic rings. The number of anilines is 1. The van der Waals surface area contributed by atoms with Crippen molar-refractivity contribution in [2.45, 2.75) is 25.3 Å². The third-order valence-electron chi connectivity index (χ3n) is 3.57. The largest absolute Gasteiger partial charge is 0.384 e. The molecule has 0 amide bonds. The molecule has 0 bridgehead atoms. The molecule has 2 rings (SSSR count). The van der Waals surface area contributed by atoms with Gasteiger partial charge in [-0.25, -0.2) is 13.6 Å². The lowest BCUT2D eigenvalue weighted by atomic mass is 10.2. The molecule has 0 radical (unpaired) electrons. The van der Waals surface area contributed by atoms with Gasteiger partial charge in [0, 0.05) is 12.2 Å². The molecule has 0 aliphatic heterocycles. The van der Waals surface area contributed by atoms with Gasteiger partial charge >= 0.3 is 0 Å². The molecule has 0 aliphatic carbocycles. The van der Waals surface area contributed by atoms with Gasteiger partial charge in [-0.2, -0.15) is 5.26 Å². The van der Waals surface area contributed by atoms with Gasteiger partial charge in [-0.3, -0.25) is 0 Å². The van der Waals surface area contributed by atoms with Gasteiger partial charge in [0.05, 0.1) is 10.5 Å². The molecular weight excluding hydrogens is 288 g/mol. The Bertz CT molecular complexity index is 827. The molecule has 0 spiro atoms. The van der Waals surface area contributed by atoms with Gasteiger partial charge in [-0.15, -0.1) is 0 Å². The quantitative estimate of drug-likeness (QED) is 0.888. The van der Waals surface area contributed by atoms with Gasteiger partial charge in [-0.1, -0.05) is 12.1 Å². The average Bonchev–Trinajstić information content (AvgIpc) is 2.62. The van der Waals surface area contributed by atoms with Crippen molar-refractivity contribution in [2.75, 3.05) is 5.73 Å². The zero-order chi connectivity index (χ0) is 15.8. The fourth-order valence-electron chi connectivity index (χ4n) is 2.20. The fourth-order valence-corrected chi connectivity index (χ4v) is 2.72. The summed E-state index contributed by atoms with van der Waals surface area (Å²) in [7, 11) is -3.69. The van der Waals surface area contributed by atoms with Gasteiger partial charge in [0.15, 0.2) is 0 Å². The molecule has 4 N–H and O–H groups in total. The highest BCUT2D eigenvalue weighted by molar-refractivity contribution is 7.89. The molecule has 0 fully saturated rings. The predicted molar refractivity (Wildman–Crippen MR) is 80.0 cm³/mol. The number of benzene rings is 1. The minimum atomic E-state index is -3.69. The molecule has 6 nitrogen and oxygen atoms in total. The maximum absolute atomic E-state index is 11.2. The van der Waals surface area contributed by atoms with Crippen LogP contribution in [0.4, 0.5) is 5.82 Å². The molecular formula is C14H16N4O2S. The third-order valence-corrected chi connectivity index (χ3v) is 4.50. The number of aromatic nitrogens is 1. The summed E-state index contributed by atoms with van der Waals surface area (Å²) >= 11 is 0. The minimum Gasteiger partial charge on any atom is -0.384 e. The number of hydrogen-bond donors (Lipinski definition) is 2. The fraction of sp³-hybridized carbons (Fsp3) is 0.214. The SMILES string of the molecule is Cc1c(C#N)c(N)n(Cc2ccc(S(N)(=O)=O)cc2)c1C. The summed E-state index contributed by atoms with van der Waals surface area (Å²) in [5, 5.41) is 14.2. The van der Waals surface area contributed by atoms with E-state index in [1.54, 1.807) is 12.1 Å². The summed E-state index contributed by atoms with van der Waals surface area (Å²) in [4.78, 5) is 0.0670. The van der Waals surface area contributed by atoms with E-state index in [2.05, 4.69) is 6.07 Å². The number of hydrogen-bond acceptors (Lipinski definition) is 4. The van der Waals surface area contributed by atoms with Crippen molar-refractivity contribution in [3.63, 3.8) is 0 Å². The first-order valence-electron chi connectivity index (χ1n) is 6.22. The van der Waals surface area contributed by atoms with E-state index in [4.69, 9.17) is 16.1 Å². The summed E-state index contributed by atoms with van der Waals surface area (Å²) in [6, 6.07) is 8.37. The van der Waals surface area contributed by atoms with Crippen LogP contribution in [-0.4, -0.2) is 13.0 Å². The highest BCUT2D eigenvalue weighted by Crippen LogP contribution is 2.24. The maximum Gasteiger partial charge on any atom is 0.238 e. The van der Waals surface area contributed by atoms with E-state index in [0.717, 1.165) is 16.8 Å². The Kier molecular flexibility index (Phi) is 3.77. The first-order valence-corrected chi connectivity index (χ1v) is 7.77. The molecule has 1 aromatic heterocycles. The number of sulfonamides is 1. The van der Waals surface area contributed by atoms with E-state index < -0.39 is 10.0 Å². The molecule has 0 saturated heterocycles. The molecule has 7 heteroatoms. The molecule has 0 aliphatic rings. The van der Waals surface area contributed by atoms with Crippen LogP contribution >= 0.6 is 0 Å². The van der Waals surface area contributed by atoms with Crippen molar-refractivity contribution >= 4 is 15.8 Å². The van der Waals surface area contributed by atoms with Gasteiger partial charge in [-0.05, 0) is 37.1 Å². The van der Waals surface area contributed by atoms with Gasteiger partial charge in [0.25, 0.3) is 0 Å². The number of nitrogens with zero attached hydrogens (tertiary/aromatic N) is 2. The number of primary sulfonamides is 1. The predicted octanol–water partition coefficient (Wildman–Crippen LogP) is 1.25. The molecule has 0 atom stereocenters. The molecule has 21 heavy (non-hydrogen) atoms. The van der Waals surface area contributed by atoms with Crippen molar-refractivity contribution in [2.24, 2.45) is 5.14 Å². The number of nitriles is 1. The van der Waals surface area contributed by atoms with Crippen LogP contribution in [0.25, 0.3) is 0 Å². The van der Waals surface area contributed by atoms with Crippen LogP contribution in [0.2, 0.25) is 0 Å². The first-order chi connectivity index (χ1) is 9.75. The van der Waals surface area contributed by atoms with Crippen molar-refractivity contribution in [3.8, 4) is 6.07 Å². The molecule has 0 saturated carbocycles. The highest BCUT2D eigenvalue weighted by atomic mass is 32.2. The summed E-state index contributed by atoms with van der Waals surface area (Å²) in [6.07, 6.45) is 0. The molecule has 0 unspecified atom stereocenters. The Morgan fingerprint density at radius 3 is 2.24 bits per heavy atom. The lowest BCUT2D eigenvalue weighted by molar-refractivity contribution is 0.597. The summed E-state index contributed by atoms with van der Waals surface area (Å²) in [5.74, 6) is 0.419. The second kappa shape index (κ2) is 5.24. The van der Waals surface area contributed by atoms with Crippen LogP contribution < -0.4 is 10.9 Å². The summed E-state index contributed by atoms with van der Waals surface area (Å²) in [6.45, 7) is 4.21. The van der Waals surface area contributed by atoms with E-state index in [1.165, 1.54) is 12.1 Å². The van der Waals surface area contributed by atoms with E-state index >= 15 is 0 Å². The van der Waals surface area contributed by atoms with E-state index in [-0.39, 0.29) is 4.90 Å². The second-order valence-electron chi connectivity index (χ2n) is 4.86. The minimum absolute atomic E-state index is 0.0670. The topological polar surface area (TPSA) is 115 Å². The number of nitrogen functional groups attached to an aromatic ring is 1. The van der Waals surface area contributed by atoms with Crippen LogP contribution in [0.3, 0.4) is 0 Å². The van der Waals surface area contributed by atoms with E-state index in [1.807, 2.05) is 18.4 Å². The number of rotatable bonds is 3. The van der Waals surface area contributed by atoms with Crippen molar-refractivity contribution in [3.05, 3.63) is 46.6 Å². The Morgan fingerprint density at radius 2 is 1.81 bits per heavy atom. The second-order valence-corrected chi connectivity index (χ2v) is 6.42. The Balaban J connectivity index is 2.38. The molecule has 1 heterocycles. The monoisotopic (exact) mass is 304 g/mol. The third kappa shape index (κ3) is 2.77. The Morgan fingerprint density at radius 1 is 1.24 bits per heavy atom. The van der Waals surface area contributed by atoms with E-state index in [9.17, 15) is 8.42 Å². The Hall–Kier alpha value is -2.30. The van der Waals surface area contributed by atoms with Crippen LogP contribution in [-0.2, 0) is 16.6 Å². The van der Waals surface area contributed by atoms with Crippen LogP contribution in [0, 0.1) is 25.2 Å². The smallest absolute Gasteiger partial charge is 0.238 e. The molecule has 110 valence electrons. The van der Waals surface area contributed by atoms with Crippen LogP contribution in [0.15, 0.2) is 29.2 Å². The first kappa shape index (κ1) is 15.1. The Labute approximate surface area is 123 Å². The number of nitrogens with two attached hydrogens (primary N) is 2. The zero-order valence-corrected chi connectivity index (χ0v) is 12.6. The maximum atomic E-state index is 11.2. The van der Waals surface area contributed by atoms with Gasteiger partial charge < -0.3 is 10.3 Å². The van der Waals surface area contributed by atoms with Gasteiger partial charge in [0.2, 0.25) is 10.0 Å².